The number of benzene rings is 2. The van der Waals surface area contributed by atoms with Crippen molar-refractivity contribution in [3.05, 3.63) is 54.3 Å². The number of ether oxygens (including phenoxy) is 2. The predicted molar refractivity (Wildman–Crippen MR) is 102 cm³/mol. The molecule has 0 saturated carbocycles. The Balaban J connectivity index is 1.50. The Bertz CT molecular complexity index is 850. The van der Waals surface area contributed by atoms with Gasteiger partial charge in [0.25, 0.3) is 0 Å². The zero-order chi connectivity index (χ0) is 19.3. The first-order valence-electron chi connectivity index (χ1n) is 8.73. The maximum Gasteiger partial charge on any atom is 0.217 e. The minimum absolute atomic E-state index is 0.0318. The first-order valence-corrected chi connectivity index (χ1v) is 10.3. The molecule has 0 N–H and O–H groups in total. The molecule has 0 amide bonds. The standard InChI is InChI=1S/C19H23FN2O4S/c1-25-19-4-2-3-17(15-19)21-9-11-22(12-10-21)27(23,24)14-13-26-18-7-5-16(20)6-8-18/h2-8,15H,9-14H2,1H3. The highest BCUT2D eigenvalue weighted by Crippen LogP contribution is 2.22. The summed E-state index contributed by atoms with van der Waals surface area (Å²) >= 11 is 0. The Labute approximate surface area is 159 Å². The zero-order valence-electron chi connectivity index (χ0n) is 15.2. The fraction of sp³-hybridized carbons (Fsp3) is 0.368. The third-order valence-electron chi connectivity index (χ3n) is 4.47. The van der Waals surface area contributed by atoms with E-state index in [1.165, 1.54) is 28.6 Å². The van der Waals surface area contributed by atoms with Gasteiger partial charge in [0.2, 0.25) is 10.0 Å². The van der Waals surface area contributed by atoms with Gasteiger partial charge in [0.05, 0.1) is 12.9 Å². The van der Waals surface area contributed by atoms with Gasteiger partial charge in [0.15, 0.2) is 0 Å². The minimum Gasteiger partial charge on any atom is -0.497 e. The van der Waals surface area contributed by atoms with E-state index in [1.807, 2.05) is 24.3 Å². The third-order valence-corrected chi connectivity index (χ3v) is 6.31. The summed E-state index contributed by atoms with van der Waals surface area (Å²) in [6, 6.07) is 13.3. The lowest BCUT2D eigenvalue weighted by Gasteiger charge is -2.35. The van der Waals surface area contributed by atoms with Gasteiger partial charge in [-0.2, -0.15) is 4.31 Å². The number of methoxy groups -OCH3 is 1. The van der Waals surface area contributed by atoms with E-state index in [-0.39, 0.29) is 18.2 Å². The molecule has 27 heavy (non-hydrogen) atoms. The van der Waals surface area contributed by atoms with Gasteiger partial charge < -0.3 is 14.4 Å². The van der Waals surface area contributed by atoms with E-state index in [0.717, 1.165) is 11.4 Å². The highest BCUT2D eigenvalue weighted by atomic mass is 32.2. The Hall–Kier alpha value is -2.32. The van der Waals surface area contributed by atoms with Crippen molar-refractivity contribution in [1.29, 1.82) is 0 Å². The number of rotatable bonds is 7. The van der Waals surface area contributed by atoms with Crippen LogP contribution in [0.1, 0.15) is 0 Å². The Morgan fingerprint density at radius 1 is 1.00 bits per heavy atom. The quantitative estimate of drug-likeness (QED) is 0.722. The summed E-state index contributed by atoms with van der Waals surface area (Å²) in [5.74, 6) is 0.766. The van der Waals surface area contributed by atoms with Crippen LogP contribution in [0.4, 0.5) is 10.1 Å². The maximum atomic E-state index is 12.9. The van der Waals surface area contributed by atoms with Gasteiger partial charge in [-0.15, -0.1) is 0 Å². The summed E-state index contributed by atoms with van der Waals surface area (Å²) in [5.41, 5.74) is 1.02. The van der Waals surface area contributed by atoms with E-state index in [0.29, 0.717) is 31.9 Å². The van der Waals surface area contributed by atoms with E-state index in [9.17, 15) is 12.8 Å². The molecular formula is C19H23FN2O4S. The van der Waals surface area contributed by atoms with Crippen LogP contribution < -0.4 is 14.4 Å². The molecule has 1 aliphatic rings. The summed E-state index contributed by atoms with van der Waals surface area (Å²) in [6.45, 7) is 2.12. The van der Waals surface area contributed by atoms with Gasteiger partial charge >= 0.3 is 0 Å². The van der Waals surface area contributed by atoms with Crippen LogP contribution in [0.2, 0.25) is 0 Å². The first kappa shape index (κ1) is 19.4. The largest absolute Gasteiger partial charge is 0.497 e. The predicted octanol–water partition coefficient (Wildman–Crippen LogP) is 2.37. The second kappa shape index (κ2) is 8.58. The molecule has 2 aromatic rings. The molecule has 0 spiro atoms. The molecule has 1 saturated heterocycles. The molecule has 3 rings (SSSR count). The Morgan fingerprint density at radius 3 is 2.37 bits per heavy atom. The summed E-state index contributed by atoms with van der Waals surface area (Å²) < 4.78 is 50.1. The Morgan fingerprint density at radius 2 is 1.70 bits per heavy atom. The summed E-state index contributed by atoms with van der Waals surface area (Å²) in [4.78, 5) is 2.14. The second-order valence-electron chi connectivity index (χ2n) is 6.21. The molecule has 2 aromatic carbocycles. The fourth-order valence-electron chi connectivity index (χ4n) is 2.96. The summed E-state index contributed by atoms with van der Waals surface area (Å²) in [6.07, 6.45) is 0. The van der Waals surface area contributed by atoms with Crippen molar-refractivity contribution >= 4 is 15.7 Å². The molecule has 0 radical (unpaired) electrons. The lowest BCUT2D eigenvalue weighted by Crippen LogP contribution is -2.49. The molecule has 1 fully saturated rings. The number of halogens is 1. The van der Waals surface area contributed by atoms with E-state index in [4.69, 9.17) is 9.47 Å². The van der Waals surface area contributed by atoms with Crippen LogP contribution in [0.3, 0.4) is 0 Å². The second-order valence-corrected chi connectivity index (χ2v) is 8.29. The molecule has 0 bridgehead atoms. The smallest absolute Gasteiger partial charge is 0.217 e. The van der Waals surface area contributed by atoms with Crippen LogP contribution in [0.25, 0.3) is 0 Å². The number of hydrogen-bond donors (Lipinski definition) is 0. The van der Waals surface area contributed by atoms with Crippen LogP contribution in [0, 0.1) is 5.82 Å². The number of anilines is 1. The van der Waals surface area contributed by atoms with Crippen molar-refractivity contribution in [2.45, 2.75) is 0 Å². The lowest BCUT2D eigenvalue weighted by molar-refractivity contribution is 0.330. The minimum atomic E-state index is -3.40. The maximum absolute atomic E-state index is 12.9. The molecule has 0 aliphatic carbocycles. The van der Waals surface area contributed by atoms with Crippen molar-refractivity contribution in [2.24, 2.45) is 0 Å². The van der Waals surface area contributed by atoms with Crippen molar-refractivity contribution in [3.8, 4) is 11.5 Å². The zero-order valence-corrected chi connectivity index (χ0v) is 16.0. The molecule has 8 heteroatoms. The van der Waals surface area contributed by atoms with Crippen molar-refractivity contribution in [2.75, 3.05) is 50.5 Å². The number of hydrogen-bond acceptors (Lipinski definition) is 5. The van der Waals surface area contributed by atoms with E-state index < -0.39 is 10.0 Å². The molecule has 1 heterocycles. The van der Waals surface area contributed by atoms with Crippen LogP contribution >= 0.6 is 0 Å². The van der Waals surface area contributed by atoms with Crippen LogP contribution in [0.5, 0.6) is 11.5 Å². The van der Waals surface area contributed by atoms with E-state index >= 15 is 0 Å². The highest BCUT2D eigenvalue weighted by Gasteiger charge is 2.27. The van der Waals surface area contributed by atoms with Gasteiger partial charge in [0.1, 0.15) is 23.9 Å². The summed E-state index contributed by atoms with van der Waals surface area (Å²) in [5, 5.41) is 0. The molecular weight excluding hydrogens is 371 g/mol. The molecule has 1 aliphatic heterocycles. The van der Waals surface area contributed by atoms with Crippen LogP contribution in [-0.2, 0) is 10.0 Å². The van der Waals surface area contributed by atoms with Gasteiger partial charge in [0, 0.05) is 37.9 Å². The topological polar surface area (TPSA) is 59.1 Å². The van der Waals surface area contributed by atoms with Crippen molar-refractivity contribution in [1.82, 2.24) is 4.31 Å². The highest BCUT2D eigenvalue weighted by molar-refractivity contribution is 7.89. The van der Waals surface area contributed by atoms with Gasteiger partial charge in [-0.1, -0.05) is 6.07 Å². The Kier molecular flexibility index (Phi) is 6.18. The molecule has 0 aromatic heterocycles. The van der Waals surface area contributed by atoms with E-state index in [1.54, 1.807) is 7.11 Å². The molecule has 0 unspecified atom stereocenters. The average Bonchev–Trinajstić information content (AvgIpc) is 2.69. The summed E-state index contributed by atoms with van der Waals surface area (Å²) in [7, 11) is -1.77. The molecule has 146 valence electrons. The number of piperazine rings is 1. The van der Waals surface area contributed by atoms with Crippen LogP contribution in [-0.4, -0.2) is 58.4 Å². The van der Waals surface area contributed by atoms with Gasteiger partial charge in [-0.25, -0.2) is 12.8 Å². The van der Waals surface area contributed by atoms with E-state index in [2.05, 4.69) is 4.90 Å². The van der Waals surface area contributed by atoms with Crippen molar-refractivity contribution in [3.63, 3.8) is 0 Å². The number of sulfonamides is 1. The fourth-order valence-corrected chi connectivity index (χ4v) is 4.23. The average molecular weight is 394 g/mol. The lowest BCUT2D eigenvalue weighted by atomic mass is 10.2. The van der Waals surface area contributed by atoms with Gasteiger partial charge in [-0.3, -0.25) is 0 Å². The van der Waals surface area contributed by atoms with Gasteiger partial charge in [-0.05, 0) is 36.4 Å². The number of nitrogens with zero attached hydrogens (tertiary/aromatic N) is 2. The normalized spacial score (nSPS) is 15.6. The van der Waals surface area contributed by atoms with Crippen LogP contribution in [0.15, 0.2) is 48.5 Å². The first-order chi connectivity index (χ1) is 13.0. The monoisotopic (exact) mass is 394 g/mol. The SMILES string of the molecule is COc1cccc(N2CCN(S(=O)(=O)CCOc3ccc(F)cc3)CC2)c1. The van der Waals surface area contributed by atoms with Crippen molar-refractivity contribution < 1.29 is 22.3 Å². The third kappa shape index (κ3) is 5.11. The molecule has 6 nitrogen and oxygen atoms in total. The molecule has 0 atom stereocenters.